The quantitative estimate of drug-likeness (QED) is 0.508. The molecular formula is C24H22O2. The average Bonchev–Trinajstić information content (AvgIpc) is 2.72. The Labute approximate surface area is 155 Å². The second kappa shape index (κ2) is 8.72. The van der Waals surface area contributed by atoms with Crippen molar-refractivity contribution < 1.29 is 9.47 Å². The zero-order valence-corrected chi connectivity index (χ0v) is 15.1. The van der Waals surface area contributed by atoms with Crippen molar-refractivity contribution in [3.05, 3.63) is 95.1 Å². The molecule has 3 aromatic carbocycles. The largest absolute Gasteiger partial charge is 0.497 e. The SMILES string of the molecule is COc1ccc(/C=C/c2ccccc2/C=C/c2ccc(OC)cc2)cc1. The van der Waals surface area contributed by atoms with Gasteiger partial charge in [-0.2, -0.15) is 0 Å². The van der Waals surface area contributed by atoms with Gasteiger partial charge >= 0.3 is 0 Å². The van der Waals surface area contributed by atoms with Crippen LogP contribution in [0.15, 0.2) is 72.8 Å². The summed E-state index contributed by atoms with van der Waals surface area (Å²) in [6.07, 6.45) is 8.49. The molecule has 0 N–H and O–H groups in total. The molecule has 130 valence electrons. The van der Waals surface area contributed by atoms with Crippen molar-refractivity contribution in [1.82, 2.24) is 0 Å². The maximum absolute atomic E-state index is 5.20. The molecule has 2 nitrogen and oxygen atoms in total. The molecule has 3 rings (SSSR count). The molecule has 0 aliphatic heterocycles. The fraction of sp³-hybridized carbons (Fsp3) is 0.0833. The van der Waals surface area contributed by atoms with E-state index in [9.17, 15) is 0 Å². The molecule has 26 heavy (non-hydrogen) atoms. The molecule has 0 saturated carbocycles. The lowest BCUT2D eigenvalue weighted by molar-refractivity contribution is 0.414. The highest BCUT2D eigenvalue weighted by molar-refractivity contribution is 5.79. The molecule has 0 radical (unpaired) electrons. The van der Waals surface area contributed by atoms with Crippen molar-refractivity contribution in [3.8, 4) is 11.5 Å². The van der Waals surface area contributed by atoms with Crippen molar-refractivity contribution in [1.29, 1.82) is 0 Å². The first-order chi connectivity index (χ1) is 12.8. The van der Waals surface area contributed by atoms with E-state index in [2.05, 4.69) is 48.6 Å². The van der Waals surface area contributed by atoms with Crippen molar-refractivity contribution in [3.63, 3.8) is 0 Å². The fourth-order valence-corrected chi connectivity index (χ4v) is 2.62. The first-order valence-corrected chi connectivity index (χ1v) is 8.52. The smallest absolute Gasteiger partial charge is 0.118 e. The average molecular weight is 342 g/mol. The van der Waals surface area contributed by atoms with Gasteiger partial charge in [0, 0.05) is 0 Å². The Morgan fingerprint density at radius 3 is 1.23 bits per heavy atom. The second-order valence-corrected chi connectivity index (χ2v) is 5.84. The molecule has 0 aliphatic rings. The molecule has 2 heteroatoms. The number of rotatable bonds is 6. The van der Waals surface area contributed by atoms with E-state index in [-0.39, 0.29) is 0 Å². The second-order valence-electron chi connectivity index (χ2n) is 5.84. The summed E-state index contributed by atoms with van der Waals surface area (Å²) < 4.78 is 10.4. The molecule has 0 aliphatic carbocycles. The normalized spacial score (nSPS) is 11.2. The van der Waals surface area contributed by atoms with Crippen LogP contribution in [0.3, 0.4) is 0 Å². The number of hydrogen-bond acceptors (Lipinski definition) is 2. The predicted molar refractivity (Wildman–Crippen MR) is 110 cm³/mol. The topological polar surface area (TPSA) is 18.5 Å². The van der Waals surface area contributed by atoms with Gasteiger partial charge in [0.1, 0.15) is 11.5 Å². The van der Waals surface area contributed by atoms with Crippen LogP contribution in [0.2, 0.25) is 0 Å². The van der Waals surface area contributed by atoms with Crippen LogP contribution in [-0.4, -0.2) is 14.2 Å². The molecule has 0 saturated heterocycles. The van der Waals surface area contributed by atoms with Gasteiger partial charge in [-0.3, -0.25) is 0 Å². The van der Waals surface area contributed by atoms with Crippen molar-refractivity contribution in [2.24, 2.45) is 0 Å². The van der Waals surface area contributed by atoms with Crippen LogP contribution >= 0.6 is 0 Å². The van der Waals surface area contributed by atoms with Gasteiger partial charge in [-0.15, -0.1) is 0 Å². The Bertz CT molecular complexity index is 812. The highest BCUT2D eigenvalue weighted by Gasteiger charge is 1.96. The van der Waals surface area contributed by atoms with Gasteiger partial charge in [-0.1, -0.05) is 72.8 Å². The monoisotopic (exact) mass is 342 g/mol. The van der Waals surface area contributed by atoms with Gasteiger partial charge < -0.3 is 9.47 Å². The van der Waals surface area contributed by atoms with Crippen LogP contribution in [0.4, 0.5) is 0 Å². The van der Waals surface area contributed by atoms with Gasteiger partial charge in [0.15, 0.2) is 0 Å². The lowest BCUT2D eigenvalue weighted by atomic mass is 10.0. The minimum atomic E-state index is 0.866. The minimum absolute atomic E-state index is 0.866. The summed E-state index contributed by atoms with van der Waals surface area (Å²) in [4.78, 5) is 0. The summed E-state index contributed by atoms with van der Waals surface area (Å²) >= 11 is 0. The van der Waals surface area contributed by atoms with E-state index in [1.165, 1.54) is 11.1 Å². The van der Waals surface area contributed by atoms with E-state index in [0.29, 0.717) is 0 Å². The summed E-state index contributed by atoms with van der Waals surface area (Å²) in [5.41, 5.74) is 4.63. The third-order valence-corrected chi connectivity index (χ3v) is 4.14. The predicted octanol–water partition coefficient (Wildman–Crippen LogP) is 6.04. The molecule has 0 heterocycles. The van der Waals surface area contributed by atoms with E-state index in [4.69, 9.17) is 9.47 Å². The van der Waals surface area contributed by atoms with Crippen molar-refractivity contribution >= 4 is 24.3 Å². The van der Waals surface area contributed by atoms with Gasteiger partial charge in [-0.25, -0.2) is 0 Å². The summed E-state index contributed by atoms with van der Waals surface area (Å²) in [7, 11) is 3.35. The molecule has 0 fully saturated rings. The third-order valence-electron chi connectivity index (χ3n) is 4.14. The maximum atomic E-state index is 5.20. The molecule has 0 amide bonds. The zero-order chi connectivity index (χ0) is 18.2. The number of hydrogen-bond donors (Lipinski definition) is 0. The molecule has 0 bridgehead atoms. The summed E-state index contributed by atoms with van der Waals surface area (Å²) in [5.74, 6) is 1.73. The Morgan fingerprint density at radius 1 is 0.500 bits per heavy atom. The summed E-state index contributed by atoms with van der Waals surface area (Å²) in [6, 6.07) is 24.4. The number of benzene rings is 3. The van der Waals surface area contributed by atoms with Crippen molar-refractivity contribution in [2.45, 2.75) is 0 Å². The number of ether oxygens (including phenoxy) is 2. The highest BCUT2D eigenvalue weighted by Crippen LogP contribution is 2.19. The van der Waals surface area contributed by atoms with Crippen LogP contribution in [0.5, 0.6) is 11.5 Å². The van der Waals surface area contributed by atoms with E-state index in [1.54, 1.807) is 14.2 Å². The molecule has 0 atom stereocenters. The third kappa shape index (κ3) is 4.64. The van der Waals surface area contributed by atoms with Gasteiger partial charge in [-0.05, 0) is 46.5 Å². The van der Waals surface area contributed by atoms with Crippen LogP contribution in [-0.2, 0) is 0 Å². The van der Waals surface area contributed by atoms with Gasteiger partial charge in [0.2, 0.25) is 0 Å². The Balaban J connectivity index is 1.78. The lowest BCUT2D eigenvalue weighted by Gasteiger charge is -2.03. The van der Waals surface area contributed by atoms with E-state index in [1.807, 2.05) is 48.5 Å². The van der Waals surface area contributed by atoms with Crippen LogP contribution in [0.25, 0.3) is 24.3 Å². The van der Waals surface area contributed by atoms with Gasteiger partial charge in [0.05, 0.1) is 14.2 Å². The standard InChI is InChI=1S/C24H22O2/c1-25-23-15-9-19(10-16-23)7-13-21-5-3-4-6-22(21)14-8-20-11-17-24(26-2)18-12-20/h3-18H,1-2H3/b13-7+,14-8+. The summed E-state index contributed by atoms with van der Waals surface area (Å²) in [6.45, 7) is 0. The zero-order valence-electron chi connectivity index (χ0n) is 15.1. The van der Waals surface area contributed by atoms with E-state index in [0.717, 1.165) is 22.6 Å². The Kier molecular flexibility index (Phi) is 5.89. The van der Waals surface area contributed by atoms with E-state index < -0.39 is 0 Å². The van der Waals surface area contributed by atoms with Crippen LogP contribution in [0, 0.1) is 0 Å². The molecule has 0 spiro atoms. The molecule has 0 aromatic heterocycles. The Hall–Kier alpha value is -3.26. The van der Waals surface area contributed by atoms with E-state index >= 15 is 0 Å². The van der Waals surface area contributed by atoms with Gasteiger partial charge in [0.25, 0.3) is 0 Å². The first kappa shape index (κ1) is 17.6. The number of methoxy groups -OCH3 is 2. The van der Waals surface area contributed by atoms with Crippen molar-refractivity contribution in [2.75, 3.05) is 14.2 Å². The molecular weight excluding hydrogens is 320 g/mol. The Morgan fingerprint density at radius 2 is 0.885 bits per heavy atom. The minimum Gasteiger partial charge on any atom is -0.497 e. The molecule has 3 aromatic rings. The first-order valence-electron chi connectivity index (χ1n) is 8.52. The van der Waals surface area contributed by atoms with Crippen LogP contribution < -0.4 is 9.47 Å². The fourth-order valence-electron chi connectivity index (χ4n) is 2.62. The van der Waals surface area contributed by atoms with Crippen LogP contribution in [0.1, 0.15) is 22.3 Å². The highest BCUT2D eigenvalue weighted by atomic mass is 16.5. The summed E-state index contributed by atoms with van der Waals surface area (Å²) in [5, 5.41) is 0. The molecule has 0 unspecified atom stereocenters. The lowest BCUT2D eigenvalue weighted by Crippen LogP contribution is -1.83. The maximum Gasteiger partial charge on any atom is 0.118 e.